The van der Waals surface area contributed by atoms with Gasteiger partial charge in [0.2, 0.25) is 0 Å². The number of nitrogens with one attached hydrogen (secondary N) is 2. The van der Waals surface area contributed by atoms with Crippen LogP contribution in [0.15, 0.2) is 72.1 Å². The second-order valence-corrected chi connectivity index (χ2v) is 8.62. The molecule has 4 rings (SSSR count). The van der Waals surface area contributed by atoms with Crippen LogP contribution in [-0.4, -0.2) is 28.4 Å². The predicted molar refractivity (Wildman–Crippen MR) is 136 cm³/mol. The van der Waals surface area contributed by atoms with Gasteiger partial charge in [0.25, 0.3) is 11.8 Å². The monoisotopic (exact) mass is 482 g/mol. The van der Waals surface area contributed by atoms with Crippen LogP contribution in [0.1, 0.15) is 38.9 Å². The number of pyridine rings is 1. The molecule has 0 aliphatic heterocycles. The summed E-state index contributed by atoms with van der Waals surface area (Å²) < 4.78 is 0. The van der Waals surface area contributed by atoms with Crippen molar-refractivity contribution in [3.63, 3.8) is 0 Å². The van der Waals surface area contributed by atoms with Gasteiger partial charge in [0.15, 0.2) is 5.82 Å². The number of benzene rings is 2. The Labute approximate surface area is 206 Å². The van der Waals surface area contributed by atoms with E-state index in [1.807, 2.05) is 6.92 Å². The topological polar surface area (TPSA) is 115 Å². The summed E-state index contributed by atoms with van der Waals surface area (Å²) in [5.74, 6) is -0.521. The molecule has 35 heavy (non-hydrogen) atoms. The van der Waals surface area contributed by atoms with Crippen molar-refractivity contribution in [3.8, 4) is 34.2 Å². The number of phenolic OH excluding ortho intramolecular Hbond substituents is 1. The van der Waals surface area contributed by atoms with Crippen molar-refractivity contribution < 1.29 is 14.7 Å². The quantitative estimate of drug-likeness (QED) is 0.324. The number of hydrogen-bond donors (Lipinski definition) is 3. The molecule has 2 aromatic heterocycles. The number of phenols is 1. The standard InChI is InChI=1S/C27H22N4O3S/c1-2-12-29-26(33)18-8-5-7-17(14-18)20-15-22(19-9-3-4-10-23(19)32)30-25(21(20)16-28)31-27(34)24-11-6-13-35-24/h3-11,13-15,32H,2,12H2,1H3,(H,29,33)(H,30,31,34). The van der Waals surface area contributed by atoms with Crippen molar-refractivity contribution in [2.75, 3.05) is 11.9 Å². The highest BCUT2D eigenvalue weighted by Crippen LogP contribution is 2.35. The van der Waals surface area contributed by atoms with Crippen LogP contribution >= 0.6 is 11.3 Å². The molecule has 2 heterocycles. The van der Waals surface area contributed by atoms with Crippen LogP contribution in [0.2, 0.25) is 0 Å². The maximum Gasteiger partial charge on any atom is 0.266 e. The fourth-order valence-corrected chi connectivity index (χ4v) is 4.17. The SMILES string of the molecule is CCCNC(=O)c1cccc(-c2cc(-c3ccccc3O)nc(NC(=O)c3cccs3)c2C#N)c1. The van der Waals surface area contributed by atoms with Gasteiger partial charge in [0.05, 0.1) is 10.6 Å². The second-order valence-electron chi connectivity index (χ2n) is 7.68. The highest BCUT2D eigenvalue weighted by Gasteiger charge is 2.20. The first-order valence-electron chi connectivity index (χ1n) is 11.0. The average molecular weight is 483 g/mol. The molecule has 0 bridgehead atoms. The molecule has 7 nitrogen and oxygen atoms in total. The summed E-state index contributed by atoms with van der Waals surface area (Å²) in [6.07, 6.45) is 0.811. The summed E-state index contributed by atoms with van der Waals surface area (Å²) in [6.45, 7) is 2.53. The van der Waals surface area contributed by atoms with Crippen molar-refractivity contribution in [1.29, 1.82) is 5.26 Å². The molecule has 2 aromatic carbocycles. The highest BCUT2D eigenvalue weighted by atomic mass is 32.1. The Hall–Kier alpha value is -4.48. The van der Waals surface area contributed by atoms with Crippen LogP contribution in [0.3, 0.4) is 0 Å². The van der Waals surface area contributed by atoms with Crippen LogP contribution in [0.25, 0.3) is 22.4 Å². The molecule has 2 amide bonds. The zero-order valence-corrected chi connectivity index (χ0v) is 19.7. The Morgan fingerprint density at radius 3 is 2.57 bits per heavy atom. The summed E-state index contributed by atoms with van der Waals surface area (Å²) in [7, 11) is 0. The van der Waals surface area contributed by atoms with Gasteiger partial charge >= 0.3 is 0 Å². The fourth-order valence-electron chi connectivity index (χ4n) is 3.55. The predicted octanol–water partition coefficient (Wildman–Crippen LogP) is 5.45. The number of hydrogen-bond acceptors (Lipinski definition) is 6. The lowest BCUT2D eigenvalue weighted by Gasteiger charge is -2.14. The van der Waals surface area contributed by atoms with Crippen LogP contribution in [0.5, 0.6) is 5.75 Å². The number of para-hydroxylation sites is 1. The van der Waals surface area contributed by atoms with Crippen LogP contribution in [-0.2, 0) is 0 Å². The number of carbonyl (C=O) groups is 2. The van der Waals surface area contributed by atoms with E-state index in [4.69, 9.17) is 0 Å². The van der Waals surface area contributed by atoms with Gasteiger partial charge < -0.3 is 15.7 Å². The smallest absolute Gasteiger partial charge is 0.266 e. The molecule has 0 fully saturated rings. The molecule has 0 aliphatic rings. The minimum absolute atomic E-state index is 0.0129. The van der Waals surface area contributed by atoms with Crippen molar-refractivity contribution in [2.45, 2.75) is 13.3 Å². The Morgan fingerprint density at radius 1 is 1.03 bits per heavy atom. The Kier molecular flexibility index (Phi) is 7.19. The van der Waals surface area contributed by atoms with Crippen molar-refractivity contribution in [2.24, 2.45) is 0 Å². The van der Waals surface area contributed by atoms with E-state index in [0.717, 1.165) is 6.42 Å². The molecule has 0 radical (unpaired) electrons. The van der Waals surface area contributed by atoms with Gasteiger partial charge in [-0.15, -0.1) is 11.3 Å². The van der Waals surface area contributed by atoms with E-state index in [1.54, 1.807) is 66.0 Å². The third kappa shape index (κ3) is 5.21. The van der Waals surface area contributed by atoms with E-state index in [9.17, 15) is 20.0 Å². The molecule has 0 saturated carbocycles. The van der Waals surface area contributed by atoms with E-state index in [1.165, 1.54) is 17.4 Å². The van der Waals surface area contributed by atoms with E-state index >= 15 is 0 Å². The third-order valence-corrected chi connectivity index (χ3v) is 6.13. The molecule has 0 saturated heterocycles. The molecule has 0 spiro atoms. The van der Waals surface area contributed by atoms with Crippen molar-refractivity contribution in [1.82, 2.24) is 10.3 Å². The molecular formula is C27H22N4O3S. The number of rotatable bonds is 7. The summed E-state index contributed by atoms with van der Waals surface area (Å²) in [5.41, 5.74) is 2.51. The molecule has 4 aromatic rings. The van der Waals surface area contributed by atoms with E-state index in [-0.39, 0.29) is 23.0 Å². The zero-order valence-electron chi connectivity index (χ0n) is 18.9. The lowest BCUT2D eigenvalue weighted by molar-refractivity contribution is 0.0953. The molecule has 174 valence electrons. The normalized spacial score (nSPS) is 10.4. The first-order valence-corrected chi connectivity index (χ1v) is 11.9. The number of anilines is 1. The molecule has 0 atom stereocenters. The Balaban J connectivity index is 1.87. The minimum atomic E-state index is -0.392. The molecule has 0 aliphatic carbocycles. The van der Waals surface area contributed by atoms with Gasteiger partial charge in [-0.2, -0.15) is 5.26 Å². The van der Waals surface area contributed by atoms with Crippen LogP contribution < -0.4 is 10.6 Å². The Bertz CT molecular complexity index is 1420. The summed E-state index contributed by atoms with van der Waals surface area (Å²) >= 11 is 1.27. The number of thiophene rings is 1. The number of amides is 2. The highest BCUT2D eigenvalue weighted by molar-refractivity contribution is 7.12. The second kappa shape index (κ2) is 10.6. The number of nitriles is 1. The summed E-state index contributed by atoms with van der Waals surface area (Å²) in [4.78, 5) is 30.3. The van der Waals surface area contributed by atoms with Gasteiger partial charge in [-0.1, -0.05) is 37.3 Å². The average Bonchev–Trinajstić information content (AvgIpc) is 3.42. The van der Waals surface area contributed by atoms with Crippen molar-refractivity contribution in [3.05, 3.63) is 88.1 Å². The first kappa shape index (κ1) is 23.7. The number of carbonyl (C=O) groups excluding carboxylic acids is 2. The maximum atomic E-state index is 12.8. The zero-order chi connectivity index (χ0) is 24.8. The largest absolute Gasteiger partial charge is 0.507 e. The molecule has 0 unspecified atom stereocenters. The van der Waals surface area contributed by atoms with Crippen LogP contribution in [0.4, 0.5) is 5.82 Å². The number of nitrogens with zero attached hydrogens (tertiary/aromatic N) is 2. The fraction of sp³-hybridized carbons (Fsp3) is 0.111. The van der Waals surface area contributed by atoms with Gasteiger partial charge in [0.1, 0.15) is 17.4 Å². The van der Waals surface area contributed by atoms with E-state index in [0.29, 0.717) is 39.4 Å². The maximum absolute atomic E-state index is 12.8. The summed E-state index contributed by atoms with van der Waals surface area (Å²) in [5, 5.41) is 27.9. The third-order valence-electron chi connectivity index (χ3n) is 5.26. The molecular weight excluding hydrogens is 460 g/mol. The van der Waals surface area contributed by atoms with E-state index in [2.05, 4.69) is 21.7 Å². The number of aromatic nitrogens is 1. The molecule has 3 N–H and O–H groups in total. The lowest BCUT2D eigenvalue weighted by Crippen LogP contribution is -2.23. The first-order chi connectivity index (χ1) is 17.0. The van der Waals surface area contributed by atoms with Gasteiger partial charge in [-0.05, 0) is 53.8 Å². The van der Waals surface area contributed by atoms with Gasteiger partial charge in [0, 0.05) is 23.2 Å². The van der Waals surface area contributed by atoms with Crippen LogP contribution in [0, 0.1) is 11.3 Å². The number of aromatic hydroxyl groups is 1. The van der Waals surface area contributed by atoms with Gasteiger partial charge in [-0.25, -0.2) is 4.98 Å². The summed E-state index contributed by atoms with van der Waals surface area (Å²) in [6, 6.07) is 20.9. The van der Waals surface area contributed by atoms with Gasteiger partial charge in [-0.3, -0.25) is 9.59 Å². The Morgan fingerprint density at radius 2 is 1.86 bits per heavy atom. The van der Waals surface area contributed by atoms with E-state index < -0.39 is 5.91 Å². The van der Waals surface area contributed by atoms with Crippen molar-refractivity contribution >= 4 is 29.0 Å². The molecule has 8 heteroatoms. The minimum Gasteiger partial charge on any atom is -0.507 e. The lowest BCUT2D eigenvalue weighted by atomic mass is 9.96.